The standard InChI is InChI=1S/C14H22N2OS/c1-15-12-13-11(6-8-18-13)5-7-16(14(12)17)9-10-3-2-4-10/h6,8,10-13,15H,2-5,7,9H2,1H3. The zero-order chi connectivity index (χ0) is 12.5. The normalized spacial score (nSPS) is 36.4. The van der Waals surface area contributed by atoms with Gasteiger partial charge in [0, 0.05) is 18.3 Å². The highest BCUT2D eigenvalue weighted by molar-refractivity contribution is 8.03. The molecule has 18 heavy (non-hydrogen) atoms. The summed E-state index contributed by atoms with van der Waals surface area (Å²) >= 11 is 1.83. The molecule has 3 unspecified atom stereocenters. The Morgan fingerprint density at radius 2 is 2.28 bits per heavy atom. The van der Waals surface area contributed by atoms with Crippen molar-refractivity contribution >= 4 is 17.7 Å². The molecule has 0 aromatic carbocycles. The van der Waals surface area contributed by atoms with Gasteiger partial charge in [-0.15, -0.1) is 11.8 Å². The van der Waals surface area contributed by atoms with Crippen LogP contribution in [-0.2, 0) is 4.79 Å². The summed E-state index contributed by atoms with van der Waals surface area (Å²) in [4.78, 5) is 14.7. The van der Waals surface area contributed by atoms with E-state index in [1.54, 1.807) is 0 Å². The van der Waals surface area contributed by atoms with Crippen molar-refractivity contribution in [1.82, 2.24) is 10.2 Å². The average Bonchev–Trinajstić information content (AvgIpc) is 2.72. The largest absolute Gasteiger partial charge is 0.341 e. The van der Waals surface area contributed by atoms with Crippen molar-refractivity contribution in [2.45, 2.75) is 37.0 Å². The number of carbonyl (C=O) groups excluding carboxylic acids is 1. The van der Waals surface area contributed by atoms with Gasteiger partial charge in [0.05, 0.1) is 6.04 Å². The molecule has 1 amide bonds. The summed E-state index contributed by atoms with van der Waals surface area (Å²) in [7, 11) is 1.92. The van der Waals surface area contributed by atoms with E-state index >= 15 is 0 Å². The second kappa shape index (κ2) is 5.25. The Morgan fingerprint density at radius 3 is 2.94 bits per heavy atom. The predicted molar refractivity (Wildman–Crippen MR) is 75.4 cm³/mol. The Hall–Kier alpha value is -0.480. The number of hydrogen-bond donors (Lipinski definition) is 1. The number of amides is 1. The molecule has 0 aromatic heterocycles. The Kier molecular flexibility index (Phi) is 3.66. The minimum atomic E-state index is -0.00224. The molecule has 4 heteroatoms. The van der Waals surface area contributed by atoms with E-state index in [0.29, 0.717) is 17.1 Å². The van der Waals surface area contributed by atoms with Crippen LogP contribution in [0.3, 0.4) is 0 Å². The summed E-state index contributed by atoms with van der Waals surface area (Å²) in [5.41, 5.74) is 0. The number of nitrogens with one attached hydrogen (secondary N) is 1. The van der Waals surface area contributed by atoms with Crippen LogP contribution in [0.4, 0.5) is 0 Å². The zero-order valence-corrected chi connectivity index (χ0v) is 11.8. The molecule has 1 N–H and O–H groups in total. The average molecular weight is 266 g/mol. The van der Waals surface area contributed by atoms with E-state index in [0.717, 1.165) is 25.4 Å². The number of allylic oxidation sites excluding steroid dienone is 1. The van der Waals surface area contributed by atoms with E-state index < -0.39 is 0 Å². The van der Waals surface area contributed by atoms with Crippen molar-refractivity contribution in [3.63, 3.8) is 0 Å². The van der Waals surface area contributed by atoms with Crippen LogP contribution in [0.15, 0.2) is 11.5 Å². The van der Waals surface area contributed by atoms with Gasteiger partial charge >= 0.3 is 0 Å². The molecule has 1 saturated heterocycles. The highest BCUT2D eigenvalue weighted by Crippen LogP contribution is 2.37. The molecular weight excluding hydrogens is 244 g/mol. The number of hydrogen-bond acceptors (Lipinski definition) is 3. The maximum atomic E-state index is 12.6. The molecule has 3 rings (SSSR count). The van der Waals surface area contributed by atoms with Gasteiger partial charge in [0.15, 0.2) is 0 Å². The topological polar surface area (TPSA) is 32.3 Å². The van der Waals surface area contributed by atoms with Crippen LogP contribution in [0.1, 0.15) is 25.7 Å². The summed E-state index contributed by atoms with van der Waals surface area (Å²) in [6, 6.07) is -0.00224. The second-order valence-electron chi connectivity index (χ2n) is 5.73. The van der Waals surface area contributed by atoms with Crippen LogP contribution in [0.25, 0.3) is 0 Å². The Balaban J connectivity index is 1.72. The minimum absolute atomic E-state index is 0.00224. The lowest BCUT2D eigenvalue weighted by molar-refractivity contribution is -0.133. The van der Waals surface area contributed by atoms with Crippen molar-refractivity contribution in [1.29, 1.82) is 0 Å². The van der Waals surface area contributed by atoms with Crippen molar-refractivity contribution in [3.8, 4) is 0 Å². The molecule has 3 nitrogen and oxygen atoms in total. The van der Waals surface area contributed by atoms with Crippen LogP contribution >= 0.6 is 11.8 Å². The lowest BCUT2D eigenvalue weighted by Gasteiger charge is -2.33. The summed E-state index contributed by atoms with van der Waals surface area (Å²) in [5, 5.41) is 5.84. The molecule has 2 aliphatic heterocycles. The Bertz CT molecular complexity index is 354. The molecule has 3 atom stereocenters. The maximum Gasteiger partial charge on any atom is 0.240 e. The minimum Gasteiger partial charge on any atom is -0.341 e. The molecule has 1 saturated carbocycles. The lowest BCUT2D eigenvalue weighted by atomic mass is 9.85. The fraction of sp³-hybridized carbons (Fsp3) is 0.786. The fourth-order valence-electron chi connectivity index (χ4n) is 3.24. The first-order chi connectivity index (χ1) is 8.79. The van der Waals surface area contributed by atoms with Crippen molar-refractivity contribution < 1.29 is 4.79 Å². The zero-order valence-electron chi connectivity index (χ0n) is 11.0. The van der Waals surface area contributed by atoms with Gasteiger partial charge in [-0.25, -0.2) is 0 Å². The maximum absolute atomic E-state index is 12.6. The number of likely N-dealkylation sites (N-methyl/N-ethyl adjacent to an activating group) is 1. The predicted octanol–water partition coefficient (Wildman–Crippen LogP) is 1.85. The number of fused-ring (bicyclic) bond motifs is 1. The molecule has 3 aliphatic rings. The molecule has 2 heterocycles. The number of thioether (sulfide) groups is 1. The van der Waals surface area contributed by atoms with E-state index in [4.69, 9.17) is 0 Å². The van der Waals surface area contributed by atoms with E-state index in [1.165, 1.54) is 19.3 Å². The van der Waals surface area contributed by atoms with E-state index in [-0.39, 0.29) is 6.04 Å². The van der Waals surface area contributed by atoms with Gasteiger partial charge in [-0.05, 0) is 43.6 Å². The monoisotopic (exact) mass is 266 g/mol. The molecular formula is C14H22N2OS. The lowest BCUT2D eigenvalue weighted by Crippen LogP contribution is -2.50. The first-order valence-corrected chi connectivity index (χ1v) is 8.02. The third-order valence-corrected chi connectivity index (χ3v) is 5.89. The molecule has 0 aromatic rings. The van der Waals surface area contributed by atoms with Gasteiger partial charge in [0.1, 0.15) is 0 Å². The van der Waals surface area contributed by atoms with Crippen molar-refractivity contribution in [2.24, 2.45) is 11.8 Å². The van der Waals surface area contributed by atoms with Gasteiger partial charge in [0.25, 0.3) is 0 Å². The summed E-state index contributed by atoms with van der Waals surface area (Å²) in [6.45, 7) is 1.93. The molecule has 0 radical (unpaired) electrons. The van der Waals surface area contributed by atoms with Crippen LogP contribution in [0.5, 0.6) is 0 Å². The third-order valence-electron chi connectivity index (χ3n) is 4.64. The SMILES string of the molecule is CNC1C(=O)N(CC2CCC2)CCC2C=CSC21. The number of carbonyl (C=O) groups is 1. The molecule has 1 aliphatic carbocycles. The summed E-state index contributed by atoms with van der Waals surface area (Å²) in [5.74, 6) is 1.67. The highest BCUT2D eigenvalue weighted by Gasteiger charge is 2.40. The highest BCUT2D eigenvalue weighted by atomic mass is 32.2. The van der Waals surface area contributed by atoms with Crippen LogP contribution in [0, 0.1) is 11.8 Å². The first kappa shape index (κ1) is 12.5. The summed E-state index contributed by atoms with van der Waals surface area (Å²) < 4.78 is 0. The van der Waals surface area contributed by atoms with E-state index in [1.807, 2.05) is 18.8 Å². The van der Waals surface area contributed by atoms with E-state index in [9.17, 15) is 4.79 Å². The fourth-order valence-corrected chi connectivity index (χ4v) is 4.55. The second-order valence-corrected chi connectivity index (χ2v) is 6.82. The van der Waals surface area contributed by atoms with Gasteiger partial charge in [0.2, 0.25) is 5.91 Å². The third kappa shape index (κ3) is 2.21. The molecule has 100 valence electrons. The first-order valence-electron chi connectivity index (χ1n) is 7.08. The van der Waals surface area contributed by atoms with Crippen LogP contribution in [0.2, 0.25) is 0 Å². The molecule has 0 bridgehead atoms. The Morgan fingerprint density at radius 1 is 1.44 bits per heavy atom. The van der Waals surface area contributed by atoms with Gasteiger partial charge in [-0.2, -0.15) is 0 Å². The number of nitrogens with zero attached hydrogens (tertiary/aromatic N) is 1. The van der Waals surface area contributed by atoms with Crippen molar-refractivity contribution in [3.05, 3.63) is 11.5 Å². The van der Waals surface area contributed by atoms with Gasteiger partial charge < -0.3 is 10.2 Å². The van der Waals surface area contributed by atoms with Crippen LogP contribution in [-0.4, -0.2) is 42.2 Å². The Labute approximate surface area is 113 Å². The number of rotatable bonds is 3. The molecule has 2 fully saturated rings. The van der Waals surface area contributed by atoms with Gasteiger partial charge in [-0.1, -0.05) is 12.5 Å². The molecule has 0 spiro atoms. The van der Waals surface area contributed by atoms with Crippen molar-refractivity contribution in [2.75, 3.05) is 20.1 Å². The van der Waals surface area contributed by atoms with Crippen LogP contribution < -0.4 is 5.32 Å². The van der Waals surface area contributed by atoms with Gasteiger partial charge in [-0.3, -0.25) is 4.79 Å². The smallest absolute Gasteiger partial charge is 0.240 e. The summed E-state index contributed by atoms with van der Waals surface area (Å²) in [6.07, 6.45) is 7.40. The van der Waals surface area contributed by atoms with E-state index in [2.05, 4.69) is 21.7 Å². The number of likely N-dealkylation sites (tertiary alicyclic amines) is 1. The quantitative estimate of drug-likeness (QED) is 0.846.